The summed E-state index contributed by atoms with van der Waals surface area (Å²) in [6, 6.07) is 15.9. The Morgan fingerprint density at radius 2 is 1.87 bits per heavy atom. The van der Waals surface area contributed by atoms with Crippen molar-refractivity contribution >= 4 is 23.6 Å². The van der Waals surface area contributed by atoms with E-state index in [0.717, 1.165) is 29.7 Å². The van der Waals surface area contributed by atoms with Gasteiger partial charge in [0.15, 0.2) is 0 Å². The lowest BCUT2D eigenvalue weighted by Gasteiger charge is -2.28. The molecule has 3 rings (SSSR count). The van der Waals surface area contributed by atoms with Crippen LogP contribution in [0.4, 0.5) is 4.39 Å². The predicted molar refractivity (Wildman–Crippen MR) is 121 cm³/mol. The minimum Gasteiger partial charge on any atom is -0.460 e. The van der Waals surface area contributed by atoms with Gasteiger partial charge >= 0.3 is 5.97 Å². The molecule has 1 aliphatic heterocycles. The molecular formula is C24H29FN2O3S. The van der Waals surface area contributed by atoms with Gasteiger partial charge < -0.3 is 9.64 Å². The third kappa shape index (κ3) is 7.08. The van der Waals surface area contributed by atoms with Gasteiger partial charge in [0.2, 0.25) is 5.91 Å². The molecule has 31 heavy (non-hydrogen) atoms. The average Bonchev–Trinajstić information content (AvgIpc) is 3.27. The molecule has 1 heterocycles. The van der Waals surface area contributed by atoms with Crippen molar-refractivity contribution in [2.75, 3.05) is 31.9 Å². The molecule has 1 aliphatic rings. The molecule has 1 amide bonds. The molecule has 166 valence electrons. The molecule has 0 bridgehead atoms. The fourth-order valence-corrected chi connectivity index (χ4v) is 4.75. The van der Waals surface area contributed by atoms with Crippen molar-refractivity contribution in [1.29, 1.82) is 0 Å². The number of esters is 1. The van der Waals surface area contributed by atoms with Crippen LogP contribution in [0.25, 0.3) is 0 Å². The van der Waals surface area contributed by atoms with Gasteiger partial charge in [-0.3, -0.25) is 14.5 Å². The number of nitrogens with zero attached hydrogens (tertiary/aromatic N) is 2. The summed E-state index contributed by atoms with van der Waals surface area (Å²) in [5.74, 6) is 0.191. The number of hydrogen-bond donors (Lipinski definition) is 0. The predicted octanol–water partition coefficient (Wildman–Crippen LogP) is 4.25. The third-order valence-electron chi connectivity index (χ3n) is 5.15. The number of amides is 1. The second-order valence-corrected chi connectivity index (χ2v) is 8.76. The molecule has 0 N–H and O–H groups in total. The van der Waals surface area contributed by atoms with Crippen LogP contribution in [-0.4, -0.2) is 53.6 Å². The third-order valence-corrected chi connectivity index (χ3v) is 6.41. The lowest BCUT2D eigenvalue weighted by molar-refractivity contribution is -0.147. The van der Waals surface area contributed by atoms with E-state index in [9.17, 15) is 14.0 Å². The maximum absolute atomic E-state index is 13.3. The summed E-state index contributed by atoms with van der Waals surface area (Å²) >= 11 is 1.67. The van der Waals surface area contributed by atoms with Crippen LogP contribution in [0.1, 0.15) is 36.3 Å². The molecule has 1 unspecified atom stereocenters. The van der Waals surface area contributed by atoms with E-state index >= 15 is 0 Å². The standard InChI is InChI=1S/C24H29FN2O3S/c1-2-3-13-26(17-23(29)30-18-19-7-5-4-6-8-19)16-22(28)27-14-15-31-24(27)20-9-11-21(25)12-10-20/h4-12,24H,2-3,13-18H2,1H3. The molecule has 0 aliphatic carbocycles. The maximum Gasteiger partial charge on any atom is 0.320 e. The van der Waals surface area contributed by atoms with E-state index < -0.39 is 0 Å². The first-order valence-corrected chi connectivity index (χ1v) is 11.7. The molecule has 0 spiro atoms. The number of hydrogen-bond acceptors (Lipinski definition) is 5. The molecule has 0 saturated carbocycles. The summed E-state index contributed by atoms with van der Waals surface area (Å²) < 4.78 is 18.7. The fraction of sp³-hybridized carbons (Fsp3) is 0.417. The van der Waals surface area contributed by atoms with Crippen molar-refractivity contribution in [3.8, 4) is 0 Å². The summed E-state index contributed by atoms with van der Waals surface area (Å²) in [6.07, 6.45) is 1.87. The molecule has 0 radical (unpaired) electrons. The van der Waals surface area contributed by atoms with Crippen LogP contribution in [0.2, 0.25) is 0 Å². The Morgan fingerprint density at radius 1 is 1.13 bits per heavy atom. The van der Waals surface area contributed by atoms with E-state index in [1.807, 2.05) is 40.1 Å². The van der Waals surface area contributed by atoms with Crippen molar-refractivity contribution in [2.24, 2.45) is 0 Å². The van der Waals surface area contributed by atoms with Gasteiger partial charge in [-0.2, -0.15) is 0 Å². The quantitative estimate of drug-likeness (QED) is 0.513. The molecule has 1 atom stereocenters. The Balaban J connectivity index is 1.57. The molecule has 0 aromatic heterocycles. The number of thioether (sulfide) groups is 1. The Morgan fingerprint density at radius 3 is 2.58 bits per heavy atom. The van der Waals surface area contributed by atoms with E-state index in [0.29, 0.717) is 13.1 Å². The van der Waals surface area contributed by atoms with E-state index in [1.165, 1.54) is 12.1 Å². The first-order chi connectivity index (χ1) is 15.1. The first kappa shape index (κ1) is 23.3. The first-order valence-electron chi connectivity index (χ1n) is 10.6. The highest BCUT2D eigenvalue weighted by Crippen LogP contribution is 2.37. The Hall–Kier alpha value is -2.38. The SMILES string of the molecule is CCCCN(CC(=O)OCc1ccccc1)CC(=O)N1CCSC1c1ccc(F)cc1. The number of carbonyl (C=O) groups is 2. The number of carbonyl (C=O) groups excluding carboxylic acids is 2. The van der Waals surface area contributed by atoms with Gasteiger partial charge in [-0.15, -0.1) is 11.8 Å². The topological polar surface area (TPSA) is 49.9 Å². The summed E-state index contributed by atoms with van der Waals surface area (Å²) in [4.78, 5) is 29.1. The molecule has 2 aromatic carbocycles. The molecule has 5 nitrogen and oxygen atoms in total. The van der Waals surface area contributed by atoms with Gasteiger partial charge in [0.1, 0.15) is 17.8 Å². The van der Waals surface area contributed by atoms with Gasteiger partial charge in [-0.1, -0.05) is 55.8 Å². The van der Waals surface area contributed by atoms with Crippen LogP contribution >= 0.6 is 11.8 Å². The number of unbranched alkanes of at least 4 members (excludes halogenated alkanes) is 1. The molecule has 2 aromatic rings. The lowest BCUT2D eigenvalue weighted by Crippen LogP contribution is -2.42. The lowest BCUT2D eigenvalue weighted by atomic mass is 10.2. The van der Waals surface area contributed by atoms with Crippen LogP contribution in [-0.2, 0) is 20.9 Å². The Kier molecular flexibility index (Phi) is 8.91. The zero-order chi connectivity index (χ0) is 22.1. The molecular weight excluding hydrogens is 415 g/mol. The Bertz CT molecular complexity index is 848. The van der Waals surface area contributed by atoms with E-state index in [2.05, 4.69) is 6.92 Å². The van der Waals surface area contributed by atoms with Crippen LogP contribution in [0.3, 0.4) is 0 Å². The number of halogens is 1. The van der Waals surface area contributed by atoms with Gasteiger partial charge in [0, 0.05) is 12.3 Å². The summed E-state index contributed by atoms with van der Waals surface area (Å²) in [7, 11) is 0. The largest absolute Gasteiger partial charge is 0.460 e. The fourth-order valence-electron chi connectivity index (χ4n) is 3.47. The van der Waals surface area contributed by atoms with E-state index in [4.69, 9.17) is 4.74 Å². The second kappa shape index (κ2) is 11.9. The highest BCUT2D eigenvalue weighted by Gasteiger charge is 2.31. The van der Waals surface area contributed by atoms with Crippen molar-refractivity contribution in [2.45, 2.75) is 31.7 Å². The normalized spacial score (nSPS) is 16.0. The van der Waals surface area contributed by atoms with Crippen LogP contribution in [0.15, 0.2) is 54.6 Å². The second-order valence-electron chi connectivity index (χ2n) is 7.57. The monoisotopic (exact) mass is 444 g/mol. The highest BCUT2D eigenvalue weighted by atomic mass is 32.2. The zero-order valence-corrected chi connectivity index (χ0v) is 18.7. The van der Waals surface area contributed by atoms with Crippen molar-refractivity contribution < 1.29 is 18.7 Å². The van der Waals surface area contributed by atoms with Gasteiger partial charge in [0.25, 0.3) is 0 Å². The van der Waals surface area contributed by atoms with Crippen LogP contribution in [0.5, 0.6) is 0 Å². The Labute approximate surface area is 187 Å². The summed E-state index contributed by atoms with van der Waals surface area (Å²) in [6.45, 7) is 3.86. The summed E-state index contributed by atoms with van der Waals surface area (Å²) in [5, 5.41) is -0.119. The highest BCUT2D eigenvalue weighted by molar-refractivity contribution is 7.99. The minimum atomic E-state index is -0.335. The molecule has 1 saturated heterocycles. The smallest absolute Gasteiger partial charge is 0.320 e. The number of benzene rings is 2. The zero-order valence-electron chi connectivity index (χ0n) is 17.8. The molecule has 7 heteroatoms. The number of ether oxygens (including phenoxy) is 1. The minimum absolute atomic E-state index is 0.0220. The maximum atomic E-state index is 13.3. The van der Waals surface area contributed by atoms with Gasteiger partial charge in [-0.05, 0) is 36.2 Å². The van der Waals surface area contributed by atoms with Crippen LogP contribution < -0.4 is 0 Å². The van der Waals surface area contributed by atoms with Crippen molar-refractivity contribution in [1.82, 2.24) is 9.80 Å². The van der Waals surface area contributed by atoms with Crippen LogP contribution in [0, 0.1) is 5.82 Å². The summed E-state index contributed by atoms with van der Waals surface area (Å²) in [5.41, 5.74) is 1.85. The van der Waals surface area contributed by atoms with Crippen molar-refractivity contribution in [3.05, 3.63) is 71.5 Å². The van der Waals surface area contributed by atoms with Crippen molar-refractivity contribution in [3.63, 3.8) is 0 Å². The number of rotatable bonds is 10. The average molecular weight is 445 g/mol. The van der Waals surface area contributed by atoms with E-state index in [-0.39, 0.29) is 42.8 Å². The van der Waals surface area contributed by atoms with E-state index in [1.54, 1.807) is 23.9 Å². The van der Waals surface area contributed by atoms with Gasteiger partial charge in [0.05, 0.1) is 13.1 Å². The van der Waals surface area contributed by atoms with Gasteiger partial charge in [-0.25, -0.2) is 4.39 Å². The molecule has 1 fully saturated rings.